The topological polar surface area (TPSA) is 0 Å². The van der Waals surface area contributed by atoms with Gasteiger partial charge in [0.15, 0.2) is 6.67 Å². The van der Waals surface area contributed by atoms with E-state index in [1.165, 1.54) is 0 Å². The van der Waals surface area contributed by atoms with E-state index < -0.39 is 37.0 Å². The second kappa shape index (κ2) is 4.28. The minimum atomic E-state index is -6.55. The molecule has 1 atom stereocenters. The lowest BCUT2D eigenvalue weighted by Gasteiger charge is -2.32. The third-order valence-corrected chi connectivity index (χ3v) is 1.61. The Morgan fingerprint density at radius 1 is 0.812 bits per heavy atom. The first kappa shape index (κ1) is 15.3. The summed E-state index contributed by atoms with van der Waals surface area (Å²) in [5.41, 5.74) is 0. The summed E-state index contributed by atoms with van der Waals surface area (Å²) in [7, 11) is 0. The second-order valence-corrected chi connectivity index (χ2v) is 2.77. The van der Waals surface area contributed by atoms with Crippen molar-refractivity contribution in [2.75, 3.05) is 6.67 Å². The van der Waals surface area contributed by atoms with Crippen LogP contribution in [0.5, 0.6) is 0 Å². The normalized spacial score (nSPS) is 16.7. The zero-order chi connectivity index (χ0) is 13.4. The van der Waals surface area contributed by atoms with E-state index >= 15 is 0 Å². The molecule has 0 aliphatic carbocycles. The molecule has 0 aromatic heterocycles. The van der Waals surface area contributed by atoms with Gasteiger partial charge in [-0.3, -0.25) is 0 Å². The van der Waals surface area contributed by atoms with Crippen LogP contribution >= 0.6 is 0 Å². The van der Waals surface area contributed by atoms with E-state index in [-0.39, 0.29) is 0 Å². The van der Waals surface area contributed by atoms with Gasteiger partial charge in [0, 0.05) is 0 Å². The van der Waals surface area contributed by atoms with Crippen molar-refractivity contribution in [1.29, 1.82) is 0 Å². The first-order chi connectivity index (χ1) is 6.91. The lowest BCUT2D eigenvalue weighted by atomic mass is 10.0. The van der Waals surface area contributed by atoms with Gasteiger partial charge in [-0.15, -0.1) is 0 Å². The Labute approximate surface area is 82.2 Å². The average molecular weight is 266 g/mol. The molecule has 10 heteroatoms. The van der Waals surface area contributed by atoms with Gasteiger partial charge in [0.05, 0.1) is 0 Å². The minimum absolute atomic E-state index is 3.23. The fourth-order valence-electron chi connectivity index (χ4n) is 0.659. The van der Waals surface area contributed by atoms with Crippen molar-refractivity contribution < 1.29 is 43.9 Å². The van der Waals surface area contributed by atoms with Crippen LogP contribution in [0.25, 0.3) is 0 Å². The molecule has 0 bridgehead atoms. The molecule has 0 heterocycles. The molecule has 0 aliphatic heterocycles. The van der Waals surface area contributed by atoms with Crippen molar-refractivity contribution in [2.24, 2.45) is 0 Å². The summed E-state index contributed by atoms with van der Waals surface area (Å²) in [5.74, 6) is -18.9. The maximum Gasteiger partial charge on any atom is 0.377 e. The highest BCUT2D eigenvalue weighted by molar-refractivity contribution is 5.00. The number of rotatable bonds is 5. The summed E-state index contributed by atoms with van der Waals surface area (Å²) in [6.07, 6.45) is -9.42. The maximum absolute atomic E-state index is 12.3. The molecule has 98 valence electrons. The Morgan fingerprint density at radius 3 is 1.44 bits per heavy atom. The van der Waals surface area contributed by atoms with Crippen LogP contribution in [-0.4, -0.2) is 37.0 Å². The van der Waals surface area contributed by atoms with Gasteiger partial charge in [-0.2, -0.15) is 26.3 Å². The fraction of sp³-hybridized carbons (Fsp3) is 1.00. The summed E-state index contributed by atoms with van der Waals surface area (Å²) in [4.78, 5) is 0. The molecule has 0 saturated carbocycles. The first-order valence-corrected chi connectivity index (χ1v) is 3.53. The standard InChI is InChI=1S/C6H4F10/c7-1-4(11,12)6(15,16)5(13,14)2(8)3(9)10/h2-3H,1H2. The van der Waals surface area contributed by atoms with Crippen LogP contribution in [-0.2, 0) is 0 Å². The van der Waals surface area contributed by atoms with Crippen molar-refractivity contribution in [3.63, 3.8) is 0 Å². The number of hydrogen-bond donors (Lipinski definition) is 0. The molecule has 0 N–H and O–H groups in total. The van der Waals surface area contributed by atoms with Crippen molar-refractivity contribution in [2.45, 2.75) is 30.4 Å². The van der Waals surface area contributed by atoms with Crippen molar-refractivity contribution in [3.8, 4) is 0 Å². The van der Waals surface area contributed by atoms with E-state index in [1.54, 1.807) is 0 Å². The zero-order valence-electron chi connectivity index (χ0n) is 7.14. The Kier molecular flexibility index (Phi) is 4.10. The van der Waals surface area contributed by atoms with E-state index in [9.17, 15) is 43.9 Å². The fourth-order valence-corrected chi connectivity index (χ4v) is 0.659. The largest absolute Gasteiger partial charge is 0.377 e. The van der Waals surface area contributed by atoms with Gasteiger partial charge >= 0.3 is 17.8 Å². The molecule has 0 spiro atoms. The molecular formula is C6H4F10. The molecule has 1 unspecified atom stereocenters. The Hall–Kier alpha value is -0.700. The predicted molar refractivity (Wildman–Crippen MR) is 31.7 cm³/mol. The van der Waals surface area contributed by atoms with E-state index in [2.05, 4.69) is 0 Å². The minimum Gasteiger partial charge on any atom is -0.244 e. The lowest BCUT2D eigenvalue weighted by molar-refractivity contribution is -0.335. The van der Waals surface area contributed by atoms with Gasteiger partial charge in [0.1, 0.15) is 0 Å². The van der Waals surface area contributed by atoms with Crippen LogP contribution in [0.2, 0.25) is 0 Å². The van der Waals surface area contributed by atoms with Crippen LogP contribution in [0.1, 0.15) is 0 Å². The summed E-state index contributed by atoms with van der Waals surface area (Å²) in [5, 5.41) is 0. The van der Waals surface area contributed by atoms with Gasteiger partial charge in [-0.05, 0) is 0 Å². The van der Waals surface area contributed by atoms with Gasteiger partial charge in [0.25, 0.3) is 6.43 Å². The van der Waals surface area contributed by atoms with Crippen LogP contribution < -0.4 is 0 Å². The number of alkyl halides is 10. The van der Waals surface area contributed by atoms with Crippen LogP contribution in [0.15, 0.2) is 0 Å². The zero-order valence-corrected chi connectivity index (χ0v) is 7.14. The maximum atomic E-state index is 12.3. The second-order valence-electron chi connectivity index (χ2n) is 2.77. The lowest BCUT2D eigenvalue weighted by Crippen LogP contribution is -2.60. The van der Waals surface area contributed by atoms with Crippen molar-refractivity contribution >= 4 is 0 Å². The molecule has 0 rings (SSSR count). The van der Waals surface area contributed by atoms with E-state index in [0.29, 0.717) is 0 Å². The average Bonchev–Trinajstić information content (AvgIpc) is 2.15. The Morgan fingerprint density at radius 2 is 1.19 bits per heavy atom. The smallest absolute Gasteiger partial charge is 0.244 e. The highest BCUT2D eigenvalue weighted by atomic mass is 19.4. The van der Waals surface area contributed by atoms with E-state index in [0.717, 1.165) is 0 Å². The molecule has 0 radical (unpaired) electrons. The Balaban J connectivity index is 5.28. The quantitative estimate of drug-likeness (QED) is 0.668. The van der Waals surface area contributed by atoms with Crippen molar-refractivity contribution in [3.05, 3.63) is 0 Å². The van der Waals surface area contributed by atoms with Gasteiger partial charge in [-0.25, -0.2) is 17.6 Å². The van der Waals surface area contributed by atoms with Crippen molar-refractivity contribution in [1.82, 2.24) is 0 Å². The number of hydrogen-bond acceptors (Lipinski definition) is 0. The Bertz CT molecular complexity index is 233. The summed E-state index contributed by atoms with van der Waals surface area (Å²) >= 11 is 0. The van der Waals surface area contributed by atoms with Gasteiger partial charge < -0.3 is 0 Å². The molecule has 16 heavy (non-hydrogen) atoms. The molecule has 0 amide bonds. The summed E-state index contributed by atoms with van der Waals surface area (Å²) in [6, 6.07) is 0. The summed E-state index contributed by atoms with van der Waals surface area (Å²) < 4.78 is 119. The van der Waals surface area contributed by atoms with Gasteiger partial charge in [-0.1, -0.05) is 0 Å². The summed E-state index contributed by atoms with van der Waals surface area (Å²) in [6.45, 7) is -3.23. The van der Waals surface area contributed by atoms with Gasteiger partial charge in [0.2, 0.25) is 6.17 Å². The third kappa shape index (κ3) is 2.19. The number of halogens is 10. The molecule has 0 aromatic rings. The molecular weight excluding hydrogens is 262 g/mol. The molecule has 0 fully saturated rings. The predicted octanol–water partition coefficient (Wildman–Crippen LogP) is 3.47. The monoisotopic (exact) mass is 266 g/mol. The SMILES string of the molecule is FCC(F)(F)C(F)(F)C(F)(F)C(F)C(F)F. The highest BCUT2D eigenvalue weighted by Gasteiger charge is 2.75. The molecule has 0 aromatic carbocycles. The molecule has 0 aliphatic rings. The molecule has 0 nitrogen and oxygen atoms in total. The first-order valence-electron chi connectivity index (χ1n) is 3.53. The third-order valence-electron chi connectivity index (χ3n) is 1.61. The highest BCUT2D eigenvalue weighted by Crippen LogP contribution is 2.49. The van der Waals surface area contributed by atoms with Crippen LogP contribution in [0.4, 0.5) is 43.9 Å². The van der Waals surface area contributed by atoms with Crippen LogP contribution in [0.3, 0.4) is 0 Å². The van der Waals surface area contributed by atoms with E-state index in [1.807, 2.05) is 0 Å². The van der Waals surface area contributed by atoms with Crippen LogP contribution in [0, 0.1) is 0 Å². The van der Waals surface area contributed by atoms with E-state index in [4.69, 9.17) is 0 Å². The molecule has 0 saturated heterocycles.